The van der Waals surface area contributed by atoms with Gasteiger partial charge in [-0.3, -0.25) is 0 Å². The highest BCUT2D eigenvalue weighted by atomic mass is 32.2. The van der Waals surface area contributed by atoms with Crippen LogP contribution < -0.4 is 0 Å². The zero-order chi connectivity index (χ0) is 7.49. The van der Waals surface area contributed by atoms with Crippen molar-refractivity contribution in [3.05, 3.63) is 0 Å². The molecule has 3 nitrogen and oxygen atoms in total. The van der Waals surface area contributed by atoms with Gasteiger partial charge in [0.1, 0.15) is 0 Å². The average Bonchev–Trinajstić information content (AvgIpc) is 1.59. The summed E-state index contributed by atoms with van der Waals surface area (Å²) < 4.78 is 24.0. The van der Waals surface area contributed by atoms with Gasteiger partial charge in [0.05, 0.1) is 6.26 Å². The van der Waals surface area contributed by atoms with Gasteiger partial charge in [-0.05, 0) is 5.92 Å². The first kappa shape index (κ1) is 8.62. The van der Waals surface area contributed by atoms with Gasteiger partial charge in [0.2, 0.25) is 10.0 Å². The fourth-order valence-corrected chi connectivity index (χ4v) is 0.697. The van der Waals surface area contributed by atoms with Gasteiger partial charge in [0.25, 0.3) is 0 Å². The fourth-order valence-electron chi connectivity index (χ4n) is 0.232. The van der Waals surface area contributed by atoms with Gasteiger partial charge in [0.15, 0.2) is 0 Å². The predicted molar refractivity (Wildman–Crippen MR) is 38.2 cm³/mol. The molecule has 0 rings (SSSR count). The highest BCUT2D eigenvalue weighted by Gasteiger charge is 1.93. The average molecular weight is 149 g/mol. The molecule has 0 aromatic rings. The summed E-state index contributed by atoms with van der Waals surface area (Å²) in [6.45, 7) is 3.74. The summed E-state index contributed by atoms with van der Waals surface area (Å²) in [5.74, 6) is 0.194. The molecule has 0 aliphatic rings. The van der Waals surface area contributed by atoms with Crippen molar-refractivity contribution in [3.8, 4) is 0 Å². The molecule has 54 valence electrons. The summed E-state index contributed by atoms with van der Waals surface area (Å²) in [7, 11) is -3.15. The lowest BCUT2D eigenvalue weighted by atomic mass is 10.3. The van der Waals surface area contributed by atoms with Gasteiger partial charge in [-0.1, -0.05) is 13.8 Å². The van der Waals surface area contributed by atoms with E-state index in [2.05, 4.69) is 4.40 Å². The molecule has 0 aromatic carbocycles. The number of rotatable bonds is 2. The van der Waals surface area contributed by atoms with E-state index in [4.69, 9.17) is 0 Å². The molecule has 0 aliphatic carbocycles. The van der Waals surface area contributed by atoms with Gasteiger partial charge in [-0.15, -0.1) is 0 Å². The second kappa shape index (κ2) is 2.96. The van der Waals surface area contributed by atoms with Crippen LogP contribution in [0.15, 0.2) is 4.40 Å². The summed E-state index contributed by atoms with van der Waals surface area (Å²) in [5, 5.41) is 0. The Labute approximate surface area is 55.9 Å². The number of hydrogen-bond acceptors (Lipinski definition) is 2. The van der Waals surface area contributed by atoms with Crippen molar-refractivity contribution in [1.82, 2.24) is 0 Å². The summed E-state index contributed by atoms with van der Waals surface area (Å²) >= 11 is 0. The van der Waals surface area contributed by atoms with Crippen LogP contribution in [0, 0.1) is 5.92 Å². The molecule has 9 heavy (non-hydrogen) atoms. The quantitative estimate of drug-likeness (QED) is 0.542. The minimum atomic E-state index is -3.15. The van der Waals surface area contributed by atoms with E-state index in [1.807, 2.05) is 13.8 Å². The Balaban J connectivity index is 4.03. The second-order valence-electron chi connectivity index (χ2n) is 2.23. The van der Waals surface area contributed by atoms with E-state index >= 15 is 0 Å². The number of sulfonamides is 1. The lowest BCUT2D eigenvalue weighted by molar-refractivity contribution is 0.603. The van der Waals surface area contributed by atoms with Crippen molar-refractivity contribution in [2.45, 2.75) is 13.8 Å². The highest BCUT2D eigenvalue weighted by molar-refractivity contribution is 7.89. The minimum absolute atomic E-state index is 0.194. The number of hydrogen-bond donors (Lipinski definition) is 0. The minimum Gasteiger partial charge on any atom is -0.205 e. The first-order valence-corrected chi connectivity index (χ1v) is 4.52. The first-order chi connectivity index (χ1) is 3.92. The smallest absolute Gasteiger partial charge is 0.205 e. The van der Waals surface area contributed by atoms with E-state index in [1.165, 1.54) is 6.21 Å². The zero-order valence-electron chi connectivity index (χ0n) is 5.83. The Morgan fingerprint density at radius 2 is 1.89 bits per heavy atom. The molecule has 0 spiro atoms. The first-order valence-electron chi connectivity index (χ1n) is 2.67. The van der Waals surface area contributed by atoms with Crippen LogP contribution in [0.1, 0.15) is 13.8 Å². The largest absolute Gasteiger partial charge is 0.249 e. The molecule has 0 radical (unpaired) electrons. The van der Waals surface area contributed by atoms with Crippen molar-refractivity contribution in [1.29, 1.82) is 0 Å². The normalized spacial score (nSPS) is 13.3. The van der Waals surface area contributed by atoms with Gasteiger partial charge in [0, 0.05) is 6.21 Å². The van der Waals surface area contributed by atoms with Crippen molar-refractivity contribution >= 4 is 16.2 Å². The van der Waals surface area contributed by atoms with E-state index < -0.39 is 10.0 Å². The van der Waals surface area contributed by atoms with Crippen LogP contribution in [0.25, 0.3) is 0 Å². The molecular weight excluding hydrogens is 138 g/mol. The molecule has 0 saturated heterocycles. The van der Waals surface area contributed by atoms with Crippen LogP contribution in [-0.2, 0) is 10.0 Å². The van der Waals surface area contributed by atoms with Crippen molar-refractivity contribution in [3.63, 3.8) is 0 Å². The summed E-state index contributed by atoms with van der Waals surface area (Å²) in [4.78, 5) is 0. The third-order valence-electron chi connectivity index (χ3n) is 0.550. The van der Waals surface area contributed by atoms with Crippen molar-refractivity contribution < 1.29 is 8.42 Å². The summed E-state index contributed by atoms with van der Waals surface area (Å²) in [6, 6.07) is 0. The fraction of sp³-hybridized carbons (Fsp3) is 0.800. The maximum Gasteiger partial charge on any atom is 0.249 e. The molecular formula is C5H11NO2S. The molecule has 0 aromatic heterocycles. The van der Waals surface area contributed by atoms with E-state index in [0.717, 1.165) is 6.26 Å². The molecule has 0 unspecified atom stereocenters. The van der Waals surface area contributed by atoms with Crippen LogP contribution in [0.3, 0.4) is 0 Å². The number of nitrogens with zero attached hydrogens (tertiary/aromatic N) is 1. The van der Waals surface area contributed by atoms with Gasteiger partial charge in [-0.2, -0.15) is 4.40 Å². The van der Waals surface area contributed by atoms with E-state index in [0.29, 0.717) is 0 Å². The zero-order valence-corrected chi connectivity index (χ0v) is 6.64. The highest BCUT2D eigenvalue weighted by Crippen LogP contribution is 1.88. The Hall–Kier alpha value is -0.380. The summed E-state index contributed by atoms with van der Waals surface area (Å²) in [6.07, 6.45) is 2.49. The molecule has 0 saturated carbocycles. The van der Waals surface area contributed by atoms with Crippen LogP contribution in [0.5, 0.6) is 0 Å². The Kier molecular flexibility index (Phi) is 2.84. The van der Waals surface area contributed by atoms with Crippen molar-refractivity contribution in [2.24, 2.45) is 10.3 Å². The van der Waals surface area contributed by atoms with E-state index in [-0.39, 0.29) is 5.92 Å². The maximum atomic E-state index is 10.3. The van der Waals surface area contributed by atoms with Gasteiger partial charge >= 0.3 is 0 Å². The molecule has 0 atom stereocenters. The maximum absolute atomic E-state index is 10.3. The Bertz CT molecular complexity index is 191. The Morgan fingerprint density at radius 1 is 1.44 bits per heavy atom. The van der Waals surface area contributed by atoms with Crippen LogP contribution >= 0.6 is 0 Å². The van der Waals surface area contributed by atoms with Crippen LogP contribution in [-0.4, -0.2) is 20.9 Å². The second-order valence-corrected chi connectivity index (χ2v) is 3.91. The monoisotopic (exact) mass is 149 g/mol. The van der Waals surface area contributed by atoms with Gasteiger partial charge in [-0.25, -0.2) is 8.42 Å². The molecule has 0 fully saturated rings. The standard InChI is InChI=1S/C5H11NO2S/c1-5(2)4-6-9(3,7)8/h4-5H,1-3H3. The lowest BCUT2D eigenvalue weighted by Crippen LogP contribution is -1.94. The van der Waals surface area contributed by atoms with Crippen LogP contribution in [0.2, 0.25) is 0 Å². The molecule has 0 amide bonds. The molecule has 4 heteroatoms. The SMILES string of the molecule is CC(C)C=NS(C)(=O)=O. The molecule has 0 N–H and O–H groups in total. The molecule has 0 heterocycles. The lowest BCUT2D eigenvalue weighted by Gasteiger charge is -1.89. The van der Waals surface area contributed by atoms with Gasteiger partial charge < -0.3 is 0 Å². The van der Waals surface area contributed by atoms with Crippen molar-refractivity contribution in [2.75, 3.05) is 6.26 Å². The van der Waals surface area contributed by atoms with E-state index in [9.17, 15) is 8.42 Å². The molecule has 0 aliphatic heterocycles. The third-order valence-corrected chi connectivity index (χ3v) is 1.06. The predicted octanol–water partition coefficient (Wildman–Crippen LogP) is 0.673. The van der Waals surface area contributed by atoms with Crippen LogP contribution in [0.4, 0.5) is 0 Å². The topological polar surface area (TPSA) is 46.5 Å². The van der Waals surface area contributed by atoms with E-state index in [1.54, 1.807) is 0 Å². The third kappa shape index (κ3) is 7.62. The summed E-state index contributed by atoms with van der Waals surface area (Å²) in [5.41, 5.74) is 0. The Morgan fingerprint density at radius 3 is 2.00 bits per heavy atom. The molecule has 0 bridgehead atoms.